The minimum atomic E-state index is -0.376. The van der Waals surface area contributed by atoms with Crippen molar-refractivity contribution in [3.05, 3.63) is 155 Å². The molecule has 2 atom stereocenters. The van der Waals surface area contributed by atoms with Crippen molar-refractivity contribution < 1.29 is 0 Å². The van der Waals surface area contributed by atoms with Crippen molar-refractivity contribution in [2.24, 2.45) is 0 Å². The van der Waals surface area contributed by atoms with Gasteiger partial charge in [-0.3, -0.25) is 0 Å². The first-order chi connectivity index (χ1) is 24.6. The normalized spacial score (nSPS) is 22.9. The fourth-order valence-corrected chi connectivity index (χ4v) is 12.5. The molecule has 0 radical (unpaired) electrons. The Hall–Kier alpha value is -5.28. The van der Waals surface area contributed by atoms with Gasteiger partial charge in [0.25, 0.3) is 6.71 Å². The Kier molecular flexibility index (Phi) is 4.44. The van der Waals surface area contributed by atoms with Crippen LogP contribution in [0.4, 0.5) is 11.4 Å². The standard InChI is InChI=1S/C47H35BN2/c1-45-26-9-10-27-46(45,2)50-39-25-13-24-38-41(39)48(37-23-12-21-35(45)44(37)50)36-22-11-17-31-40-43(49(38)42(31)36)30-16-5-8-20-34(30)47(40)32-18-6-3-14-28(32)29-15-4-7-19-33(29)47/h3-8,11-25H,9-10,26-27H2,1-2H3/t45?,46-/m1/s1. The molecule has 6 aromatic carbocycles. The van der Waals surface area contributed by atoms with Crippen LogP contribution in [0.5, 0.6) is 0 Å². The molecule has 2 nitrogen and oxygen atoms in total. The fourth-order valence-electron chi connectivity index (χ4n) is 12.5. The van der Waals surface area contributed by atoms with Gasteiger partial charge in [-0.15, -0.1) is 0 Å². The topological polar surface area (TPSA) is 8.17 Å². The summed E-state index contributed by atoms with van der Waals surface area (Å²) in [6.07, 6.45) is 5.08. The molecule has 0 N–H and O–H groups in total. The number of hydrogen-bond acceptors (Lipinski definition) is 1. The molecule has 3 aliphatic heterocycles. The van der Waals surface area contributed by atoms with Crippen LogP contribution in [0.15, 0.2) is 127 Å². The summed E-state index contributed by atoms with van der Waals surface area (Å²) < 4.78 is 2.71. The van der Waals surface area contributed by atoms with Gasteiger partial charge in [-0.1, -0.05) is 135 Å². The Labute approximate surface area is 293 Å². The molecule has 0 saturated heterocycles. The largest absolute Gasteiger partial charge is 0.335 e. The third-order valence-electron chi connectivity index (χ3n) is 14.5. The van der Waals surface area contributed by atoms with Crippen molar-refractivity contribution in [1.82, 2.24) is 4.57 Å². The molecule has 50 heavy (non-hydrogen) atoms. The van der Waals surface area contributed by atoms with Gasteiger partial charge in [0.2, 0.25) is 0 Å². The first-order valence-corrected chi connectivity index (χ1v) is 18.6. The predicted octanol–water partition coefficient (Wildman–Crippen LogP) is 8.86. The molecule has 3 heteroatoms. The SMILES string of the molecule is CC12CCCC[C@@]1(C)N1c3cccc4c3B(c3cccc2c31)c1cccc2c3c(n-4c12)-c1ccccc1C31c2ccccc2-c2ccccc21. The van der Waals surface area contributed by atoms with Gasteiger partial charge in [-0.25, -0.2) is 0 Å². The van der Waals surface area contributed by atoms with Crippen LogP contribution < -0.4 is 21.3 Å². The molecule has 7 aromatic rings. The summed E-state index contributed by atoms with van der Waals surface area (Å²) in [6.45, 7) is 5.34. The molecule has 1 fully saturated rings. The van der Waals surface area contributed by atoms with E-state index in [2.05, 4.69) is 151 Å². The second-order valence-corrected chi connectivity index (χ2v) is 16.2. The minimum Gasteiger partial charge on any atom is -0.335 e. The zero-order valence-corrected chi connectivity index (χ0v) is 28.4. The molecule has 1 spiro atoms. The average Bonchev–Trinajstić information content (AvgIpc) is 3.82. The van der Waals surface area contributed by atoms with Crippen molar-refractivity contribution in [2.45, 2.75) is 55.9 Å². The first-order valence-electron chi connectivity index (χ1n) is 18.6. The van der Waals surface area contributed by atoms with Gasteiger partial charge in [0.15, 0.2) is 0 Å². The second kappa shape index (κ2) is 8.36. The molecular formula is C47H35BN2. The third-order valence-corrected chi connectivity index (χ3v) is 14.5. The van der Waals surface area contributed by atoms with Crippen molar-refractivity contribution in [3.8, 4) is 28.1 Å². The van der Waals surface area contributed by atoms with E-state index in [1.807, 2.05) is 0 Å². The van der Waals surface area contributed by atoms with Crippen LogP contribution in [-0.2, 0) is 10.8 Å². The summed E-state index contributed by atoms with van der Waals surface area (Å²) >= 11 is 0. The lowest BCUT2D eigenvalue weighted by Gasteiger charge is -2.52. The van der Waals surface area contributed by atoms with Gasteiger partial charge in [0.05, 0.1) is 16.6 Å². The van der Waals surface area contributed by atoms with E-state index in [0.717, 1.165) is 0 Å². The Morgan fingerprint density at radius 1 is 0.560 bits per heavy atom. The molecule has 4 heterocycles. The van der Waals surface area contributed by atoms with Crippen LogP contribution in [0.3, 0.4) is 0 Å². The van der Waals surface area contributed by atoms with E-state index in [-0.39, 0.29) is 23.1 Å². The van der Waals surface area contributed by atoms with Gasteiger partial charge in [0, 0.05) is 44.5 Å². The zero-order valence-electron chi connectivity index (χ0n) is 28.4. The highest BCUT2D eigenvalue weighted by atomic mass is 15.3. The van der Waals surface area contributed by atoms with Crippen LogP contribution in [0.1, 0.15) is 67.3 Å². The number of anilines is 2. The summed E-state index contributed by atoms with van der Waals surface area (Å²) in [6, 6.07) is 49.5. The quantitative estimate of drug-likeness (QED) is 0.151. The lowest BCUT2D eigenvalue weighted by molar-refractivity contribution is 0.195. The molecule has 13 rings (SSSR count). The summed E-state index contributed by atoms with van der Waals surface area (Å²) in [5.74, 6) is 0. The van der Waals surface area contributed by atoms with Crippen LogP contribution in [0.25, 0.3) is 39.0 Å². The van der Waals surface area contributed by atoms with E-state index in [1.165, 1.54) is 115 Å². The van der Waals surface area contributed by atoms with E-state index in [9.17, 15) is 0 Å². The Bertz CT molecular complexity index is 2690. The Morgan fingerprint density at radius 2 is 1.16 bits per heavy atom. The van der Waals surface area contributed by atoms with Gasteiger partial charge >= 0.3 is 0 Å². The van der Waals surface area contributed by atoms with E-state index < -0.39 is 0 Å². The lowest BCUT2D eigenvalue weighted by atomic mass is 9.33. The average molecular weight is 639 g/mol. The minimum absolute atomic E-state index is 0.0443. The molecular weight excluding hydrogens is 603 g/mol. The van der Waals surface area contributed by atoms with Gasteiger partial charge in [0.1, 0.15) is 0 Å². The molecule has 1 saturated carbocycles. The zero-order chi connectivity index (χ0) is 32.7. The highest BCUT2D eigenvalue weighted by molar-refractivity contribution is 7.00. The number of aromatic nitrogens is 1. The molecule has 1 unspecified atom stereocenters. The maximum Gasteiger partial charge on any atom is 0.252 e. The maximum atomic E-state index is 2.83. The summed E-state index contributed by atoms with van der Waals surface area (Å²) in [7, 11) is 0. The summed E-state index contributed by atoms with van der Waals surface area (Å²) in [5, 5.41) is 1.39. The number of rotatable bonds is 0. The number of fused-ring (bicyclic) bond motifs is 19. The smallest absolute Gasteiger partial charge is 0.252 e. The van der Waals surface area contributed by atoms with Crippen LogP contribution in [-0.4, -0.2) is 16.8 Å². The van der Waals surface area contributed by atoms with E-state index in [0.29, 0.717) is 0 Å². The first kappa shape index (κ1) is 26.6. The molecule has 1 aromatic heterocycles. The van der Waals surface area contributed by atoms with E-state index >= 15 is 0 Å². The highest BCUT2D eigenvalue weighted by Gasteiger charge is 2.61. The Morgan fingerprint density at radius 3 is 1.94 bits per heavy atom. The number of nitrogens with zero attached hydrogens (tertiary/aromatic N) is 2. The number of benzene rings is 6. The maximum absolute atomic E-state index is 2.83. The lowest BCUT2D eigenvalue weighted by Crippen LogP contribution is -2.64. The molecule has 236 valence electrons. The van der Waals surface area contributed by atoms with Crippen LogP contribution in [0, 0.1) is 0 Å². The fraction of sp³-hybridized carbons (Fsp3) is 0.191. The molecule has 3 aliphatic carbocycles. The van der Waals surface area contributed by atoms with Crippen LogP contribution >= 0.6 is 0 Å². The van der Waals surface area contributed by atoms with Gasteiger partial charge < -0.3 is 9.47 Å². The van der Waals surface area contributed by atoms with Crippen molar-refractivity contribution >= 4 is 45.4 Å². The number of para-hydroxylation sites is 2. The summed E-state index contributed by atoms with van der Waals surface area (Å²) in [4.78, 5) is 2.83. The van der Waals surface area contributed by atoms with E-state index in [4.69, 9.17) is 0 Å². The van der Waals surface area contributed by atoms with Gasteiger partial charge in [-0.2, -0.15) is 0 Å². The number of hydrogen-bond donors (Lipinski definition) is 0. The second-order valence-electron chi connectivity index (χ2n) is 16.2. The van der Waals surface area contributed by atoms with Crippen molar-refractivity contribution in [3.63, 3.8) is 0 Å². The molecule has 0 bridgehead atoms. The van der Waals surface area contributed by atoms with Crippen LogP contribution in [0.2, 0.25) is 0 Å². The van der Waals surface area contributed by atoms with E-state index in [1.54, 1.807) is 5.56 Å². The molecule has 6 aliphatic rings. The third kappa shape index (κ3) is 2.52. The Balaban J connectivity index is 1.21. The highest BCUT2D eigenvalue weighted by Crippen LogP contribution is 2.66. The summed E-state index contributed by atoms with van der Waals surface area (Å²) in [5.41, 5.74) is 22.6. The molecule has 0 amide bonds. The van der Waals surface area contributed by atoms with Gasteiger partial charge in [-0.05, 0) is 81.7 Å². The van der Waals surface area contributed by atoms with Crippen molar-refractivity contribution in [2.75, 3.05) is 4.90 Å². The van der Waals surface area contributed by atoms with Crippen molar-refractivity contribution in [1.29, 1.82) is 0 Å². The monoisotopic (exact) mass is 638 g/mol. The predicted molar refractivity (Wildman–Crippen MR) is 207 cm³/mol.